The predicted octanol–water partition coefficient (Wildman–Crippen LogP) is 1.09. The molecule has 4 heteroatoms. The van der Waals surface area contributed by atoms with Crippen LogP contribution >= 0.6 is 0 Å². The Balaban J connectivity index is 2.53. The monoisotopic (exact) mass is 209 g/mol. The highest BCUT2D eigenvalue weighted by atomic mass is 16.6. The molecule has 0 unspecified atom stereocenters. The normalized spacial score (nSPS) is 9.73. The molecule has 0 bridgehead atoms. The predicted molar refractivity (Wildman–Crippen MR) is 56.5 cm³/mol. The van der Waals surface area contributed by atoms with E-state index >= 15 is 0 Å². The van der Waals surface area contributed by atoms with E-state index in [4.69, 9.17) is 15.2 Å². The van der Waals surface area contributed by atoms with Gasteiger partial charge in [0.2, 0.25) is 0 Å². The van der Waals surface area contributed by atoms with Crippen molar-refractivity contribution in [2.45, 2.75) is 13.5 Å². The van der Waals surface area contributed by atoms with E-state index < -0.39 is 0 Å². The Hall–Kier alpha value is -1.55. The Labute approximate surface area is 89.0 Å². The maximum atomic E-state index is 11.0. The third-order valence-electron chi connectivity index (χ3n) is 1.84. The molecule has 0 fully saturated rings. The van der Waals surface area contributed by atoms with Crippen LogP contribution in [-0.2, 0) is 16.1 Å². The van der Waals surface area contributed by atoms with Gasteiger partial charge in [-0.25, -0.2) is 4.79 Å². The Morgan fingerprint density at radius 3 is 2.80 bits per heavy atom. The van der Waals surface area contributed by atoms with Crippen LogP contribution in [0.25, 0.3) is 0 Å². The molecule has 1 rings (SSSR count). The number of carbonyl (C=O) groups is 1. The summed E-state index contributed by atoms with van der Waals surface area (Å²) in [4.78, 5) is 11.0. The van der Waals surface area contributed by atoms with Gasteiger partial charge in [0.1, 0.15) is 5.75 Å². The van der Waals surface area contributed by atoms with Crippen molar-refractivity contribution >= 4 is 5.97 Å². The molecule has 15 heavy (non-hydrogen) atoms. The number of esters is 1. The van der Waals surface area contributed by atoms with Crippen LogP contribution in [-0.4, -0.2) is 19.2 Å². The highest BCUT2D eigenvalue weighted by molar-refractivity contribution is 5.71. The van der Waals surface area contributed by atoms with Gasteiger partial charge in [-0.05, 0) is 13.0 Å². The van der Waals surface area contributed by atoms with Gasteiger partial charge in [0.25, 0.3) is 0 Å². The number of benzene rings is 1. The van der Waals surface area contributed by atoms with Crippen LogP contribution in [0.5, 0.6) is 5.75 Å². The number of rotatable bonds is 5. The molecule has 0 heterocycles. The first-order valence-electron chi connectivity index (χ1n) is 4.84. The lowest BCUT2D eigenvalue weighted by molar-refractivity contribution is -0.145. The smallest absolute Gasteiger partial charge is 0.344 e. The van der Waals surface area contributed by atoms with Crippen LogP contribution in [0.15, 0.2) is 24.3 Å². The first-order chi connectivity index (χ1) is 7.27. The molecule has 1 aromatic carbocycles. The molecule has 0 aliphatic rings. The molecule has 0 aliphatic heterocycles. The Bertz CT molecular complexity index is 325. The summed E-state index contributed by atoms with van der Waals surface area (Å²) in [6, 6.07) is 7.35. The van der Waals surface area contributed by atoms with Crippen LogP contribution in [0.4, 0.5) is 0 Å². The third kappa shape index (κ3) is 3.59. The van der Waals surface area contributed by atoms with Crippen molar-refractivity contribution in [3.8, 4) is 5.75 Å². The zero-order valence-corrected chi connectivity index (χ0v) is 8.73. The quantitative estimate of drug-likeness (QED) is 0.737. The van der Waals surface area contributed by atoms with Crippen molar-refractivity contribution in [1.82, 2.24) is 0 Å². The number of carbonyl (C=O) groups excluding carboxylic acids is 1. The van der Waals surface area contributed by atoms with Crippen molar-refractivity contribution in [2.75, 3.05) is 13.2 Å². The molecule has 2 N–H and O–H groups in total. The molecule has 0 atom stereocenters. The fourth-order valence-corrected chi connectivity index (χ4v) is 1.15. The lowest BCUT2D eigenvalue weighted by Crippen LogP contribution is -2.15. The summed E-state index contributed by atoms with van der Waals surface area (Å²) in [5.74, 6) is 0.261. The van der Waals surface area contributed by atoms with Gasteiger partial charge in [0.15, 0.2) is 6.61 Å². The van der Waals surface area contributed by atoms with E-state index in [2.05, 4.69) is 0 Å². The number of nitrogens with two attached hydrogens (primary N) is 1. The summed E-state index contributed by atoms with van der Waals surface area (Å²) < 4.78 is 10.0. The van der Waals surface area contributed by atoms with E-state index in [1.807, 2.05) is 18.2 Å². The summed E-state index contributed by atoms with van der Waals surface area (Å²) in [5, 5.41) is 0. The zero-order valence-electron chi connectivity index (χ0n) is 8.73. The highest BCUT2D eigenvalue weighted by Crippen LogP contribution is 2.16. The van der Waals surface area contributed by atoms with E-state index in [-0.39, 0.29) is 12.6 Å². The van der Waals surface area contributed by atoms with E-state index in [9.17, 15) is 4.79 Å². The Morgan fingerprint density at radius 1 is 1.40 bits per heavy atom. The second-order valence-electron chi connectivity index (χ2n) is 2.91. The Morgan fingerprint density at radius 2 is 2.13 bits per heavy atom. The summed E-state index contributed by atoms with van der Waals surface area (Å²) >= 11 is 0. The Kier molecular flexibility index (Phi) is 4.63. The van der Waals surface area contributed by atoms with E-state index in [1.165, 1.54) is 0 Å². The van der Waals surface area contributed by atoms with Crippen molar-refractivity contribution in [3.63, 3.8) is 0 Å². The number of hydrogen-bond donors (Lipinski definition) is 1. The van der Waals surface area contributed by atoms with Crippen molar-refractivity contribution in [2.24, 2.45) is 5.73 Å². The molecule has 0 saturated carbocycles. The standard InChI is InChI=1S/C11H15NO3/c1-2-14-11(13)8-15-10-6-4-3-5-9(10)7-12/h3-6H,2,7-8,12H2,1H3. The third-order valence-corrected chi connectivity index (χ3v) is 1.84. The van der Waals surface area contributed by atoms with Crippen LogP contribution in [0, 0.1) is 0 Å². The molecule has 4 nitrogen and oxygen atoms in total. The van der Waals surface area contributed by atoms with Crippen molar-refractivity contribution in [1.29, 1.82) is 0 Å². The van der Waals surface area contributed by atoms with Crippen molar-refractivity contribution < 1.29 is 14.3 Å². The number of hydrogen-bond acceptors (Lipinski definition) is 4. The maximum absolute atomic E-state index is 11.0. The molecule has 0 aliphatic carbocycles. The fraction of sp³-hybridized carbons (Fsp3) is 0.364. The summed E-state index contributed by atoms with van der Waals surface area (Å²) in [6.45, 7) is 2.43. The minimum atomic E-state index is -0.371. The fourth-order valence-electron chi connectivity index (χ4n) is 1.15. The first kappa shape index (κ1) is 11.5. The summed E-state index contributed by atoms with van der Waals surface area (Å²) in [7, 11) is 0. The van der Waals surface area contributed by atoms with E-state index in [1.54, 1.807) is 13.0 Å². The topological polar surface area (TPSA) is 61.5 Å². The second kappa shape index (κ2) is 6.03. The zero-order chi connectivity index (χ0) is 11.1. The molecule has 0 spiro atoms. The van der Waals surface area contributed by atoms with Crippen LogP contribution in [0.1, 0.15) is 12.5 Å². The highest BCUT2D eigenvalue weighted by Gasteiger charge is 2.05. The first-order valence-corrected chi connectivity index (χ1v) is 4.84. The molecule has 1 aromatic rings. The van der Waals surface area contributed by atoms with Crippen LogP contribution in [0.2, 0.25) is 0 Å². The van der Waals surface area contributed by atoms with Gasteiger partial charge < -0.3 is 15.2 Å². The molecular formula is C11H15NO3. The second-order valence-corrected chi connectivity index (χ2v) is 2.91. The molecule has 82 valence electrons. The maximum Gasteiger partial charge on any atom is 0.344 e. The average Bonchev–Trinajstić information content (AvgIpc) is 2.27. The summed E-state index contributed by atoms with van der Waals surface area (Å²) in [5.41, 5.74) is 6.40. The number of ether oxygens (including phenoxy) is 2. The van der Waals surface area contributed by atoms with Gasteiger partial charge in [-0.3, -0.25) is 0 Å². The van der Waals surface area contributed by atoms with Gasteiger partial charge in [0, 0.05) is 12.1 Å². The van der Waals surface area contributed by atoms with Gasteiger partial charge in [-0.2, -0.15) is 0 Å². The van der Waals surface area contributed by atoms with Gasteiger partial charge >= 0.3 is 5.97 Å². The van der Waals surface area contributed by atoms with Crippen molar-refractivity contribution in [3.05, 3.63) is 29.8 Å². The minimum absolute atomic E-state index is 0.0785. The van der Waals surface area contributed by atoms with Gasteiger partial charge in [-0.1, -0.05) is 18.2 Å². The summed E-state index contributed by atoms with van der Waals surface area (Å²) in [6.07, 6.45) is 0. The lowest BCUT2D eigenvalue weighted by Gasteiger charge is -2.09. The van der Waals surface area contributed by atoms with E-state index in [0.29, 0.717) is 18.9 Å². The molecule has 0 saturated heterocycles. The van der Waals surface area contributed by atoms with E-state index in [0.717, 1.165) is 5.56 Å². The SMILES string of the molecule is CCOC(=O)COc1ccccc1CN. The minimum Gasteiger partial charge on any atom is -0.482 e. The lowest BCUT2D eigenvalue weighted by atomic mass is 10.2. The van der Waals surface area contributed by atoms with Gasteiger partial charge in [-0.15, -0.1) is 0 Å². The average molecular weight is 209 g/mol. The van der Waals surface area contributed by atoms with Gasteiger partial charge in [0.05, 0.1) is 6.61 Å². The largest absolute Gasteiger partial charge is 0.482 e. The molecule has 0 radical (unpaired) electrons. The molecular weight excluding hydrogens is 194 g/mol. The number of para-hydroxylation sites is 1. The van der Waals surface area contributed by atoms with Crippen LogP contribution in [0.3, 0.4) is 0 Å². The van der Waals surface area contributed by atoms with Crippen LogP contribution < -0.4 is 10.5 Å². The molecule has 0 amide bonds. The molecule has 0 aromatic heterocycles.